The Kier molecular flexibility index (Phi) is 2.55. The van der Waals surface area contributed by atoms with Gasteiger partial charge in [-0.15, -0.1) is 0 Å². The average Bonchev–Trinajstić information content (AvgIpc) is 2.91. The number of carbonyl (C=O) groups is 2. The molecule has 0 aromatic carbocycles. The summed E-state index contributed by atoms with van der Waals surface area (Å²) < 4.78 is 11.4. The molecule has 0 radical (unpaired) electrons. The molecule has 4 nitrogen and oxygen atoms in total. The quantitative estimate of drug-likeness (QED) is 0.736. The predicted octanol–water partition coefficient (Wildman–Crippen LogP) is 2.31. The summed E-state index contributed by atoms with van der Waals surface area (Å²) in [5.74, 6) is 0.110. The Morgan fingerprint density at radius 3 is 2.74 bits per heavy atom. The zero-order valence-corrected chi connectivity index (χ0v) is 12.1. The van der Waals surface area contributed by atoms with E-state index in [4.69, 9.17) is 9.47 Å². The second-order valence-electron chi connectivity index (χ2n) is 7.06. The molecule has 2 aliphatic carbocycles. The van der Waals surface area contributed by atoms with Gasteiger partial charge in [0.25, 0.3) is 0 Å². The average molecular weight is 266 g/mol. The highest BCUT2D eigenvalue weighted by Crippen LogP contribution is 2.61. The summed E-state index contributed by atoms with van der Waals surface area (Å²) in [5, 5.41) is 0. The number of hydrogen-bond donors (Lipinski definition) is 0. The van der Waals surface area contributed by atoms with Gasteiger partial charge in [-0.3, -0.25) is 9.59 Å². The van der Waals surface area contributed by atoms with Crippen LogP contribution >= 0.6 is 0 Å². The highest BCUT2D eigenvalue weighted by molar-refractivity contribution is 5.79. The van der Waals surface area contributed by atoms with Crippen molar-refractivity contribution in [3.63, 3.8) is 0 Å². The molecule has 0 amide bonds. The molecule has 0 aromatic rings. The third kappa shape index (κ3) is 1.58. The summed E-state index contributed by atoms with van der Waals surface area (Å²) in [6.07, 6.45) is 2.16. The Labute approximate surface area is 113 Å². The van der Waals surface area contributed by atoms with Crippen LogP contribution in [0.25, 0.3) is 0 Å². The third-order valence-electron chi connectivity index (χ3n) is 5.70. The number of ether oxygens (including phenoxy) is 2. The van der Waals surface area contributed by atoms with E-state index in [0.29, 0.717) is 6.42 Å². The lowest BCUT2D eigenvalue weighted by Gasteiger charge is -2.36. The van der Waals surface area contributed by atoms with Crippen molar-refractivity contribution >= 4 is 11.9 Å². The maximum atomic E-state index is 12.3. The molecule has 3 fully saturated rings. The predicted molar refractivity (Wildman–Crippen MR) is 68.2 cm³/mol. The SMILES string of the molecule is CCC(C)(C)C(=O)OC12CC3C(=O)OC(C3C1)C2C. The lowest BCUT2D eigenvalue weighted by molar-refractivity contribution is -0.175. The van der Waals surface area contributed by atoms with Crippen molar-refractivity contribution in [1.29, 1.82) is 0 Å². The van der Waals surface area contributed by atoms with Gasteiger partial charge in [-0.05, 0) is 26.7 Å². The molecule has 1 aliphatic heterocycles. The molecular weight excluding hydrogens is 244 g/mol. The fourth-order valence-electron chi connectivity index (χ4n) is 3.85. The second-order valence-corrected chi connectivity index (χ2v) is 7.06. The minimum absolute atomic E-state index is 0.0382. The van der Waals surface area contributed by atoms with Crippen LogP contribution in [0.5, 0.6) is 0 Å². The van der Waals surface area contributed by atoms with Gasteiger partial charge in [-0.1, -0.05) is 13.8 Å². The zero-order chi connectivity index (χ0) is 14.0. The normalized spacial score (nSPS) is 43.5. The van der Waals surface area contributed by atoms with Crippen molar-refractivity contribution in [1.82, 2.24) is 0 Å². The standard InChI is InChI=1S/C15H22O4/c1-5-14(3,4)13(17)19-15-6-9-10(7-15)12(16)18-11(9)8(15)2/h8-11H,5-7H2,1-4H3. The van der Waals surface area contributed by atoms with E-state index in [0.717, 1.165) is 12.8 Å². The maximum absolute atomic E-state index is 12.3. The summed E-state index contributed by atoms with van der Waals surface area (Å²) in [4.78, 5) is 24.1. The minimum Gasteiger partial charge on any atom is -0.461 e. The van der Waals surface area contributed by atoms with E-state index in [1.54, 1.807) is 0 Å². The molecule has 2 saturated carbocycles. The van der Waals surface area contributed by atoms with Crippen LogP contribution in [0.1, 0.15) is 47.0 Å². The van der Waals surface area contributed by atoms with Crippen LogP contribution in [-0.4, -0.2) is 23.6 Å². The highest BCUT2D eigenvalue weighted by Gasteiger charge is 2.69. The van der Waals surface area contributed by atoms with E-state index in [2.05, 4.69) is 0 Å². The fraction of sp³-hybridized carbons (Fsp3) is 0.867. The topological polar surface area (TPSA) is 52.6 Å². The molecule has 5 atom stereocenters. The lowest BCUT2D eigenvalue weighted by Crippen LogP contribution is -2.44. The summed E-state index contributed by atoms with van der Waals surface area (Å²) in [6, 6.07) is 0. The fourth-order valence-corrected chi connectivity index (χ4v) is 3.85. The number of fused-ring (bicyclic) bond motifs is 1. The zero-order valence-electron chi connectivity index (χ0n) is 12.1. The van der Waals surface area contributed by atoms with Crippen molar-refractivity contribution < 1.29 is 19.1 Å². The van der Waals surface area contributed by atoms with E-state index >= 15 is 0 Å². The van der Waals surface area contributed by atoms with E-state index in [9.17, 15) is 9.59 Å². The van der Waals surface area contributed by atoms with Crippen molar-refractivity contribution in [3.8, 4) is 0 Å². The van der Waals surface area contributed by atoms with E-state index in [-0.39, 0.29) is 35.8 Å². The maximum Gasteiger partial charge on any atom is 0.312 e. The van der Waals surface area contributed by atoms with Crippen LogP contribution < -0.4 is 0 Å². The lowest BCUT2D eigenvalue weighted by atomic mass is 9.80. The van der Waals surface area contributed by atoms with E-state index in [1.807, 2.05) is 27.7 Å². The molecule has 3 rings (SSSR count). The first-order valence-electron chi connectivity index (χ1n) is 7.25. The molecule has 5 unspecified atom stereocenters. The van der Waals surface area contributed by atoms with Gasteiger partial charge in [0.05, 0.1) is 11.3 Å². The molecule has 1 saturated heterocycles. The molecule has 0 N–H and O–H groups in total. The van der Waals surface area contributed by atoms with Crippen molar-refractivity contribution in [2.45, 2.75) is 58.7 Å². The van der Waals surface area contributed by atoms with Gasteiger partial charge < -0.3 is 9.47 Å². The van der Waals surface area contributed by atoms with Gasteiger partial charge in [0, 0.05) is 18.3 Å². The molecule has 4 heteroatoms. The first kappa shape index (κ1) is 12.9. The molecular formula is C15H22O4. The number of rotatable bonds is 3. The number of esters is 2. The first-order chi connectivity index (χ1) is 8.81. The Balaban J connectivity index is 1.83. The Bertz CT molecular complexity index is 441. The van der Waals surface area contributed by atoms with Crippen molar-refractivity contribution in [2.24, 2.45) is 23.2 Å². The Morgan fingerprint density at radius 2 is 2.16 bits per heavy atom. The van der Waals surface area contributed by atoms with E-state index in [1.165, 1.54) is 0 Å². The van der Waals surface area contributed by atoms with Gasteiger partial charge in [0.1, 0.15) is 11.7 Å². The monoisotopic (exact) mass is 266 g/mol. The first-order valence-corrected chi connectivity index (χ1v) is 7.25. The molecule has 3 aliphatic rings. The summed E-state index contributed by atoms with van der Waals surface area (Å²) in [5.41, 5.74) is -0.922. The number of hydrogen-bond acceptors (Lipinski definition) is 4. The van der Waals surface area contributed by atoms with Gasteiger partial charge >= 0.3 is 11.9 Å². The number of carbonyl (C=O) groups excluding carboxylic acids is 2. The summed E-state index contributed by atoms with van der Waals surface area (Å²) >= 11 is 0. The van der Waals surface area contributed by atoms with Crippen LogP contribution in [0, 0.1) is 23.2 Å². The second kappa shape index (κ2) is 3.74. The van der Waals surface area contributed by atoms with Gasteiger partial charge in [-0.2, -0.15) is 0 Å². The van der Waals surface area contributed by atoms with Crippen LogP contribution in [0.2, 0.25) is 0 Å². The van der Waals surface area contributed by atoms with Crippen LogP contribution in [0.15, 0.2) is 0 Å². The van der Waals surface area contributed by atoms with Crippen molar-refractivity contribution in [2.75, 3.05) is 0 Å². The smallest absolute Gasteiger partial charge is 0.312 e. The molecule has 19 heavy (non-hydrogen) atoms. The minimum atomic E-state index is -0.463. The van der Waals surface area contributed by atoms with Crippen molar-refractivity contribution in [3.05, 3.63) is 0 Å². The van der Waals surface area contributed by atoms with Gasteiger partial charge in [-0.25, -0.2) is 0 Å². The highest BCUT2D eigenvalue weighted by atomic mass is 16.6. The molecule has 106 valence electrons. The molecule has 0 spiro atoms. The van der Waals surface area contributed by atoms with Crippen LogP contribution in [-0.2, 0) is 19.1 Å². The summed E-state index contributed by atoms with van der Waals surface area (Å²) in [7, 11) is 0. The van der Waals surface area contributed by atoms with E-state index < -0.39 is 11.0 Å². The Hall–Kier alpha value is -1.06. The molecule has 1 heterocycles. The third-order valence-corrected chi connectivity index (χ3v) is 5.70. The molecule has 0 aromatic heterocycles. The Morgan fingerprint density at radius 1 is 1.47 bits per heavy atom. The summed E-state index contributed by atoms with van der Waals surface area (Å²) in [6.45, 7) is 7.86. The van der Waals surface area contributed by atoms with Crippen LogP contribution in [0.4, 0.5) is 0 Å². The van der Waals surface area contributed by atoms with Crippen LogP contribution in [0.3, 0.4) is 0 Å². The largest absolute Gasteiger partial charge is 0.461 e. The molecule has 2 bridgehead atoms. The van der Waals surface area contributed by atoms with Gasteiger partial charge in [0.2, 0.25) is 0 Å². The van der Waals surface area contributed by atoms with Gasteiger partial charge in [0.15, 0.2) is 0 Å².